The van der Waals surface area contributed by atoms with Crippen molar-refractivity contribution in [2.75, 3.05) is 49.3 Å². The fraction of sp³-hybridized carbons (Fsp3) is 0.407. The number of aryl methyl sites for hydroxylation is 2. The number of rotatable bonds is 10. The molecule has 0 spiro atoms. The lowest BCUT2D eigenvalue weighted by molar-refractivity contribution is 0.196. The number of nitrogen functional groups attached to an aromatic ring is 1. The highest BCUT2D eigenvalue weighted by atomic mass is 16.5. The second kappa shape index (κ2) is 11.1. The van der Waals surface area contributed by atoms with E-state index in [1.54, 1.807) is 7.11 Å². The third-order valence-corrected chi connectivity index (χ3v) is 6.25. The van der Waals surface area contributed by atoms with Crippen LogP contribution in [0.5, 0.6) is 0 Å². The van der Waals surface area contributed by atoms with Crippen LogP contribution in [0.3, 0.4) is 0 Å². The average molecular weight is 446 g/mol. The van der Waals surface area contributed by atoms with Crippen molar-refractivity contribution in [2.45, 2.75) is 39.0 Å². The van der Waals surface area contributed by atoms with E-state index in [1.165, 1.54) is 23.2 Å². The molecule has 1 aliphatic rings. The van der Waals surface area contributed by atoms with Crippen LogP contribution in [-0.2, 0) is 24.0 Å². The molecule has 0 amide bonds. The van der Waals surface area contributed by atoms with E-state index in [9.17, 15) is 0 Å². The maximum absolute atomic E-state index is 6.08. The van der Waals surface area contributed by atoms with E-state index in [2.05, 4.69) is 69.6 Å². The van der Waals surface area contributed by atoms with E-state index < -0.39 is 0 Å². The Bertz CT molecular complexity index is 1050. The van der Waals surface area contributed by atoms with Gasteiger partial charge in [-0.3, -0.25) is 0 Å². The van der Waals surface area contributed by atoms with Crippen LogP contribution in [0.15, 0.2) is 48.5 Å². The number of nitrogens with zero attached hydrogens (tertiary/aromatic N) is 3. The molecule has 6 heteroatoms. The molecule has 1 aromatic heterocycles. The van der Waals surface area contributed by atoms with Gasteiger partial charge in [-0.25, -0.2) is 4.98 Å². The largest absolute Gasteiger partial charge is 0.385 e. The highest BCUT2D eigenvalue weighted by Gasteiger charge is 2.20. The summed E-state index contributed by atoms with van der Waals surface area (Å²) >= 11 is 0. The fourth-order valence-electron chi connectivity index (χ4n) is 4.62. The molecular formula is C27H35N5O. The minimum Gasteiger partial charge on any atom is -0.385 e. The Morgan fingerprint density at radius 2 is 1.97 bits per heavy atom. The highest BCUT2D eigenvalue weighted by molar-refractivity contribution is 5.81. The second-order valence-corrected chi connectivity index (χ2v) is 8.55. The normalized spacial score (nSPS) is 13.1. The second-order valence-electron chi connectivity index (χ2n) is 8.55. The average Bonchev–Trinajstić information content (AvgIpc) is 2.84. The number of nitrogens with one attached hydrogen (secondary N) is 1. The number of hydrogen-bond donors (Lipinski definition) is 2. The number of nitrogens with two attached hydrogens (primary N) is 1. The first-order chi connectivity index (χ1) is 16.2. The Labute approximate surface area is 197 Å². The first-order valence-electron chi connectivity index (χ1n) is 12.0. The summed E-state index contributed by atoms with van der Waals surface area (Å²) in [5.74, 6) is 1.13. The molecule has 0 fully saturated rings. The summed E-state index contributed by atoms with van der Waals surface area (Å²) in [5, 5.41) is 3.55. The van der Waals surface area contributed by atoms with E-state index >= 15 is 0 Å². The number of benzene rings is 2. The van der Waals surface area contributed by atoms with Crippen LogP contribution in [-0.4, -0.2) is 43.3 Å². The summed E-state index contributed by atoms with van der Waals surface area (Å²) < 4.78 is 5.28. The van der Waals surface area contributed by atoms with Gasteiger partial charge >= 0.3 is 0 Å². The Morgan fingerprint density at radius 1 is 1.12 bits per heavy atom. The zero-order valence-corrected chi connectivity index (χ0v) is 19.8. The fourth-order valence-corrected chi connectivity index (χ4v) is 4.62. The number of hydrogen-bond acceptors (Lipinski definition) is 6. The molecule has 6 nitrogen and oxygen atoms in total. The summed E-state index contributed by atoms with van der Waals surface area (Å²) in [6.45, 7) is 5.78. The Morgan fingerprint density at radius 3 is 2.76 bits per heavy atom. The molecular weight excluding hydrogens is 410 g/mol. The van der Waals surface area contributed by atoms with Gasteiger partial charge in [0.1, 0.15) is 5.82 Å². The topological polar surface area (TPSA) is 76.3 Å². The first kappa shape index (κ1) is 23.1. The molecule has 4 rings (SSSR count). The maximum Gasteiger partial charge on any atom is 0.222 e. The highest BCUT2D eigenvalue weighted by Crippen LogP contribution is 2.36. The molecule has 3 aromatic rings. The van der Waals surface area contributed by atoms with Gasteiger partial charge in [0.25, 0.3) is 0 Å². The lowest BCUT2D eigenvalue weighted by Crippen LogP contribution is -2.30. The minimum absolute atomic E-state index is 0.317. The Balaban J connectivity index is 1.64. The molecule has 0 aliphatic carbocycles. The number of aromatic nitrogens is 2. The van der Waals surface area contributed by atoms with Gasteiger partial charge in [0.15, 0.2) is 0 Å². The third kappa shape index (κ3) is 5.63. The van der Waals surface area contributed by atoms with E-state index in [4.69, 9.17) is 10.5 Å². The quantitative estimate of drug-likeness (QED) is 0.439. The molecule has 174 valence electrons. The first-order valence-corrected chi connectivity index (χ1v) is 12.0. The summed E-state index contributed by atoms with van der Waals surface area (Å²) in [7, 11) is 1.77. The van der Waals surface area contributed by atoms with Crippen LogP contribution in [0.25, 0.3) is 11.1 Å². The maximum atomic E-state index is 6.08. The number of methoxy groups -OCH3 is 1. The van der Waals surface area contributed by atoms with Gasteiger partial charge in [0.2, 0.25) is 5.95 Å². The van der Waals surface area contributed by atoms with Crippen molar-refractivity contribution in [1.29, 1.82) is 0 Å². The number of fused-ring (bicyclic) bond motifs is 1. The van der Waals surface area contributed by atoms with Crippen LogP contribution in [0.1, 0.15) is 36.6 Å². The standard InChI is InChI=1S/C27H35N5O/c1-3-23-25(26(31-27(28)30-23)29-15-14-20-9-5-4-6-10-20)22-13-12-21-11-7-16-32(24(21)19-22)17-8-18-33-2/h4-6,9-10,12-13,19H,3,7-8,11,14-18H2,1-2H3,(H3,28,29,30,31). The molecule has 0 bridgehead atoms. The van der Waals surface area contributed by atoms with Crippen molar-refractivity contribution in [3.05, 3.63) is 65.4 Å². The Hall–Kier alpha value is -3.12. The molecule has 1 aliphatic heterocycles. The molecule has 3 N–H and O–H groups in total. The summed E-state index contributed by atoms with van der Waals surface area (Å²) in [4.78, 5) is 11.7. The lowest BCUT2D eigenvalue weighted by atomic mass is 9.95. The van der Waals surface area contributed by atoms with Gasteiger partial charge in [-0.2, -0.15) is 4.98 Å². The predicted molar refractivity (Wildman–Crippen MR) is 137 cm³/mol. The van der Waals surface area contributed by atoms with Crippen LogP contribution >= 0.6 is 0 Å². The molecule has 0 atom stereocenters. The molecule has 2 heterocycles. The summed E-state index contributed by atoms with van der Waals surface area (Å²) in [6.07, 6.45) is 5.05. The van der Waals surface area contributed by atoms with Crippen molar-refractivity contribution in [1.82, 2.24) is 9.97 Å². The molecule has 0 unspecified atom stereocenters. The van der Waals surface area contributed by atoms with E-state index in [1.807, 2.05) is 6.07 Å². The number of ether oxygens (including phenoxy) is 1. The van der Waals surface area contributed by atoms with Crippen molar-refractivity contribution >= 4 is 17.5 Å². The summed E-state index contributed by atoms with van der Waals surface area (Å²) in [5.41, 5.74) is 13.3. The smallest absolute Gasteiger partial charge is 0.222 e. The molecule has 0 saturated heterocycles. The summed E-state index contributed by atoms with van der Waals surface area (Å²) in [6, 6.07) is 17.3. The number of anilines is 3. The molecule has 0 saturated carbocycles. The molecule has 0 radical (unpaired) electrons. The van der Waals surface area contributed by atoms with Crippen LogP contribution in [0.4, 0.5) is 17.5 Å². The zero-order chi connectivity index (χ0) is 23.0. The Kier molecular flexibility index (Phi) is 7.79. The molecule has 33 heavy (non-hydrogen) atoms. The van der Waals surface area contributed by atoms with Crippen molar-refractivity contribution < 1.29 is 4.74 Å². The zero-order valence-electron chi connectivity index (χ0n) is 19.8. The van der Waals surface area contributed by atoms with Gasteiger partial charge in [-0.15, -0.1) is 0 Å². The van der Waals surface area contributed by atoms with E-state index in [0.29, 0.717) is 5.95 Å². The van der Waals surface area contributed by atoms with Crippen molar-refractivity contribution in [3.8, 4) is 11.1 Å². The third-order valence-electron chi connectivity index (χ3n) is 6.25. The van der Waals surface area contributed by atoms with Gasteiger partial charge in [0, 0.05) is 44.6 Å². The van der Waals surface area contributed by atoms with Gasteiger partial charge in [0.05, 0.1) is 5.69 Å². The van der Waals surface area contributed by atoms with Crippen LogP contribution < -0.4 is 16.0 Å². The van der Waals surface area contributed by atoms with Crippen molar-refractivity contribution in [2.24, 2.45) is 0 Å². The van der Waals surface area contributed by atoms with Gasteiger partial charge in [-0.1, -0.05) is 49.4 Å². The lowest BCUT2D eigenvalue weighted by Gasteiger charge is -2.32. The van der Waals surface area contributed by atoms with E-state index in [0.717, 1.165) is 74.6 Å². The SMILES string of the molecule is CCc1nc(N)nc(NCCc2ccccc2)c1-c1ccc2c(c1)N(CCCOC)CCC2. The van der Waals surface area contributed by atoms with Gasteiger partial charge in [-0.05, 0) is 54.9 Å². The monoisotopic (exact) mass is 445 g/mol. The molecule has 2 aromatic carbocycles. The van der Waals surface area contributed by atoms with E-state index in [-0.39, 0.29) is 0 Å². The van der Waals surface area contributed by atoms with Gasteiger partial charge < -0.3 is 20.7 Å². The van der Waals surface area contributed by atoms with Crippen LogP contribution in [0, 0.1) is 0 Å². The minimum atomic E-state index is 0.317. The predicted octanol–water partition coefficient (Wildman–Crippen LogP) is 4.73. The van der Waals surface area contributed by atoms with Crippen molar-refractivity contribution in [3.63, 3.8) is 0 Å². The van der Waals surface area contributed by atoms with Crippen LogP contribution in [0.2, 0.25) is 0 Å².